The van der Waals surface area contributed by atoms with Crippen molar-refractivity contribution in [2.24, 2.45) is 0 Å². The van der Waals surface area contributed by atoms with Crippen LogP contribution in [0.4, 0.5) is 11.6 Å². The molecule has 0 saturated heterocycles. The number of nitrogens with one attached hydrogen (secondary N) is 4. The van der Waals surface area contributed by atoms with Crippen LogP contribution in [-0.2, 0) is 4.74 Å². The van der Waals surface area contributed by atoms with Crippen molar-refractivity contribution in [3.8, 4) is 5.75 Å². The normalized spacial score (nSPS) is 10.9. The van der Waals surface area contributed by atoms with E-state index in [1.54, 1.807) is 31.4 Å². The largest absolute Gasteiger partial charge is 0.489 e. The van der Waals surface area contributed by atoms with Crippen LogP contribution in [0.1, 0.15) is 26.5 Å². The third-order valence-electron chi connectivity index (χ3n) is 4.79. The predicted octanol–water partition coefficient (Wildman–Crippen LogP) is 3.89. The van der Waals surface area contributed by atoms with Gasteiger partial charge in [0.15, 0.2) is 5.69 Å². The summed E-state index contributed by atoms with van der Waals surface area (Å²) in [5.74, 6) is -0.290. The number of amides is 2. The Labute approximate surface area is 197 Å². The van der Waals surface area contributed by atoms with Crippen LogP contribution in [0.5, 0.6) is 5.75 Å². The van der Waals surface area contributed by atoms with Crippen molar-refractivity contribution in [3.05, 3.63) is 64.1 Å². The first-order chi connectivity index (χ1) is 16.0. The first-order valence-electron chi connectivity index (χ1n) is 9.99. The molecule has 11 heteroatoms. The van der Waals surface area contributed by atoms with E-state index in [0.717, 1.165) is 10.0 Å². The van der Waals surface area contributed by atoms with Crippen molar-refractivity contribution in [3.63, 3.8) is 0 Å². The number of carbonyl (C=O) groups excluding carboxylic acids is 2. The number of fused-ring (bicyclic) bond motifs is 1. The number of halogens is 1. The lowest BCUT2D eigenvalue weighted by molar-refractivity contribution is 0.0985. The zero-order chi connectivity index (χ0) is 23.4. The van der Waals surface area contributed by atoms with Gasteiger partial charge in [-0.15, -0.1) is 0 Å². The van der Waals surface area contributed by atoms with Crippen LogP contribution in [0.2, 0.25) is 0 Å². The number of hydrogen-bond donors (Lipinski definition) is 4. The van der Waals surface area contributed by atoms with Gasteiger partial charge in [-0.05, 0) is 36.8 Å². The number of H-pyrrole nitrogens is 2. The molecule has 0 radical (unpaired) electrons. The highest BCUT2D eigenvalue weighted by molar-refractivity contribution is 9.10. The van der Waals surface area contributed by atoms with Crippen molar-refractivity contribution in [2.75, 3.05) is 31.0 Å². The number of ether oxygens (including phenoxy) is 2. The highest BCUT2D eigenvalue weighted by Crippen LogP contribution is 2.25. The van der Waals surface area contributed by atoms with Crippen molar-refractivity contribution in [2.45, 2.75) is 6.92 Å². The molecule has 2 aromatic carbocycles. The second-order valence-corrected chi connectivity index (χ2v) is 7.99. The zero-order valence-corrected chi connectivity index (χ0v) is 19.4. The number of hydrogen-bond acceptors (Lipinski definition) is 6. The standard InChI is InChI=1S/C22H21BrN6O4/c1-12-6-7-13(23)10-15(12)26-20(30)18-19(25-11-24-18)21(31)29-22-27-14-4-3-5-16(17(14)28-22)33-9-8-32-2/h3-7,10-11H,8-9H2,1-2H3,(H,24,25)(H,26,30)(H2,27,28,29,31). The molecule has 0 aliphatic rings. The Morgan fingerprint density at radius 1 is 1.12 bits per heavy atom. The predicted molar refractivity (Wildman–Crippen MR) is 127 cm³/mol. The Morgan fingerprint density at radius 3 is 2.79 bits per heavy atom. The molecule has 0 fully saturated rings. The second-order valence-electron chi connectivity index (χ2n) is 7.07. The van der Waals surface area contributed by atoms with Gasteiger partial charge in [0.25, 0.3) is 11.8 Å². The van der Waals surface area contributed by atoms with E-state index in [9.17, 15) is 9.59 Å². The smallest absolute Gasteiger partial charge is 0.279 e. The summed E-state index contributed by atoms with van der Waals surface area (Å²) in [6.45, 7) is 2.69. The highest BCUT2D eigenvalue weighted by atomic mass is 79.9. The minimum Gasteiger partial charge on any atom is -0.489 e. The lowest BCUT2D eigenvalue weighted by Crippen LogP contribution is -2.21. The minimum absolute atomic E-state index is 0.0339. The minimum atomic E-state index is -0.590. The first-order valence-corrected chi connectivity index (χ1v) is 10.8. The number of methoxy groups -OCH3 is 1. The molecule has 0 spiro atoms. The van der Waals surface area contributed by atoms with Gasteiger partial charge in [-0.1, -0.05) is 28.1 Å². The Morgan fingerprint density at radius 2 is 1.97 bits per heavy atom. The molecule has 4 aromatic rings. The molecule has 0 atom stereocenters. The molecule has 4 rings (SSSR count). The molecule has 0 unspecified atom stereocenters. The molecule has 10 nitrogen and oxygen atoms in total. The summed E-state index contributed by atoms with van der Waals surface area (Å²) in [7, 11) is 1.59. The molecule has 0 aliphatic carbocycles. The molecule has 2 aromatic heterocycles. The SMILES string of the molecule is COCCOc1cccc2nc(NC(=O)c3nc[nH]c3C(=O)Nc3cc(Br)ccc3C)[nH]c12. The van der Waals surface area contributed by atoms with E-state index in [1.165, 1.54) is 6.33 Å². The van der Waals surface area contributed by atoms with Crippen LogP contribution in [-0.4, -0.2) is 52.1 Å². The topological polar surface area (TPSA) is 134 Å². The van der Waals surface area contributed by atoms with Crippen LogP contribution >= 0.6 is 15.9 Å². The Hall–Kier alpha value is -3.70. The maximum absolute atomic E-state index is 12.9. The lowest BCUT2D eigenvalue weighted by Gasteiger charge is -2.09. The summed E-state index contributed by atoms with van der Waals surface area (Å²) in [5.41, 5.74) is 2.72. The first kappa shape index (κ1) is 22.5. The van der Waals surface area contributed by atoms with E-state index < -0.39 is 11.8 Å². The summed E-state index contributed by atoms with van der Waals surface area (Å²) in [6.07, 6.45) is 1.29. The molecule has 0 aliphatic heterocycles. The fraction of sp³-hybridized carbons (Fsp3) is 0.182. The van der Waals surface area contributed by atoms with Gasteiger partial charge in [0.1, 0.15) is 23.6 Å². The van der Waals surface area contributed by atoms with E-state index in [2.05, 4.69) is 46.5 Å². The highest BCUT2D eigenvalue weighted by Gasteiger charge is 2.22. The molecule has 0 bridgehead atoms. The molecule has 0 saturated carbocycles. The summed E-state index contributed by atoms with van der Waals surface area (Å²) in [5, 5.41) is 5.45. The van der Waals surface area contributed by atoms with Gasteiger partial charge in [-0.3, -0.25) is 14.9 Å². The van der Waals surface area contributed by atoms with Crippen LogP contribution in [0.25, 0.3) is 11.0 Å². The molecule has 2 heterocycles. The van der Waals surface area contributed by atoms with E-state index in [-0.39, 0.29) is 17.3 Å². The average Bonchev–Trinajstić information content (AvgIpc) is 3.44. The van der Waals surface area contributed by atoms with Gasteiger partial charge in [-0.2, -0.15) is 0 Å². The number of anilines is 2. The van der Waals surface area contributed by atoms with Crippen molar-refractivity contribution < 1.29 is 19.1 Å². The number of rotatable bonds is 8. The van der Waals surface area contributed by atoms with Crippen LogP contribution < -0.4 is 15.4 Å². The third kappa shape index (κ3) is 5.04. The quantitative estimate of drug-likeness (QED) is 0.264. The number of benzene rings is 2. The number of aromatic nitrogens is 4. The monoisotopic (exact) mass is 512 g/mol. The molecule has 2 amide bonds. The summed E-state index contributed by atoms with van der Waals surface area (Å²) < 4.78 is 11.5. The number of carbonyl (C=O) groups is 2. The number of aromatic amines is 2. The lowest BCUT2D eigenvalue weighted by atomic mass is 10.2. The van der Waals surface area contributed by atoms with Gasteiger partial charge in [-0.25, -0.2) is 9.97 Å². The average molecular weight is 513 g/mol. The number of para-hydroxylation sites is 1. The summed E-state index contributed by atoms with van der Waals surface area (Å²) in [4.78, 5) is 39.8. The second kappa shape index (κ2) is 9.84. The van der Waals surface area contributed by atoms with Gasteiger partial charge in [0.05, 0.1) is 18.5 Å². The Kier molecular flexibility index (Phi) is 6.71. The summed E-state index contributed by atoms with van der Waals surface area (Å²) >= 11 is 3.39. The fourth-order valence-corrected chi connectivity index (χ4v) is 3.50. The van der Waals surface area contributed by atoms with Crippen LogP contribution in [0.3, 0.4) is 0 Å². The van der Waals surface area contributed by atoms with Gasteiger partial charge >= 0.3 is 0 Å². The fourth-order valence-electron chi connectivity index (χ4n) is 3.14. The molecule has 4 N–H and O–H groups in total. The van der Waals surface area contributed by atoms with Crippen molar-refractivity contribution in [1.82, 2.24) is 19.9 Å². The van der Waals surface area contributed by atoms with E-state index >= 15 is 0 Å². The van der Waals surface area contributed by atoms with E-state index in [4.69, 9.17) is 9.47 Å². The van der Waals surface area contributed by atoms with Crippen LogP contribution in [0.15, 0.2) is 47.2 Å². The number of nitrogens with zero attached hydrogens (tertiary/aromatic N) is 2. The Bertz CT molecular complexity index is 1320. The van der Waals surface area contributed by atoms with Crippen molar-refractivity contribution >= 4 is 50.4 Å². The zero-order valence-electron chi connectivity index (χ0n) is 17.9. The van der Waals surface area contributed by atoms with E-state index in [0.29, 0.717) is 35.7 Å². The van der Waals surface area contributed by atoms with Gasteiger partial charge in [0, 0.05) is 17.3 Å². The number of aryl methyl sites for hydroxylation is 1. The molecule has 33 heavy (non-hydrogen) atoms. The van der Waals surface area contributed by atoms with Gasteiger partial charge in [0.2, 0.25) is 5.95 Å². The van der Waals surface area contributed by atoms with Crippen LogP contribution in [0, 0.1) is 6.92 Å². The maximum atomic E-state index is 12.9. The Balaban J connectivity index is 1.51. The molecule has 170 valence electrons. The molecular weight excluding hydrogens is 492 g/mol. The van der Waals surface area contributed by atoms with Gasteiger partial charge < -0.3 is 24.8 Å². The van der Waals surface area contributed by atoms with E-state index in [1.807, 2.05) is 19.1 Å². The number of imidazole rings is 2. The van der Waals surface area contributed by atoms with Crippen molar-refractivity contribution in [1.29, 1.82) is 0 Å². The maximum Gasteiger partial charge on any atom is 0.279 e. The third-order valence-corrected chi connectivity index (χ3v) is 5.28. The molecular formula is C22H21BrN6O4. The summed E-state index contributed by atoms with van der Waals surface area (Å²) in [6, 6.07) is 10.9.